The number of hydrogen-bond donors (Lipinski definition) is 1. The Balaban J connectivity index is 1.32. The van der Waals surface area contributed by atoms with E-state index in [1.807, 2.05) is 0 Å². The van der Waals surface area contributed by atoms with E-state index in [-0.39, 0.29) is 18.1 Å². The Kier molecular flexibility index (Phi) is 3.73. The van der Waals surface area contributed by atoms with Gasteiger partial charge in [-0.05, 0) is 60.5 Å². The zero-order valence-corrected chi connectivity index (χ0v) is 13.0. The van der Waals surface area contributed by atoms with Gasteiger partial charge in [0.1, 0.15) is 6.10 Å². The minimum absolute atomic E-state index is 0.122. The second kappa shape index (κ2) is 5.71. The molecule has 3 aliphatic rings. The van der Waals surface area contributed by atoms with Crippen LogP contribution in [-0.4, -0.2) is 42.1 Å². The van der Waals surface area contributed by atoms with Crippen molar-refractivity contribution in [2.75, 3.05) is 13.1 Å². The first-order chi connectivity index (χ1) is 10.3. The summed E-state index contributed by atoms with van der Waals surface area (Å²) in [6.07, 6.45) is 4.38. The molecule has 114 valence electrons. The summed E-state index contributed by atoms with van der Waals surface area (Å²) in [4.78, 5) is 14.6. The summed E-state index contributed by atoms with van der Waals surface area (Å²) in [5, 5.41) is 7.42. The van der Waals surface area contributed by atoms with E-state index in [2.05, 4.69) is 27.0 Å². The first-order valence-corrected chi connectivity index (χ1v) is 8.91. The molecule has 0 spiro atoms. The van der Waals surface area contributed by atoms with Crippen molar-refractivity contribution >= 4 is 17.2 Å². The van der Waals surface area contributed by atoms with Crippen molar-refractivity contribution in [3.8, 4) is 0 Å². The van der Waals surface area contributed by atoms with E-state index in [0.717, 1.165) is 45.3 Å². The minimum Gasteiger partial charge on any atom is -0.364 e. The van der Waals surface area contributed by atoms with E-state index in [1.165, 1.54) is 5.56 Å². The standard InChI is InChI=1S/C16H22N2O2S/c19-16(17-13-1-2-13)14-7-12-3-5-18(9-15(12)20-14)8-11-4-6-21-10-11/h4,6,10,12-15H,1-3,5,7-9H2,(H,17,19)/t12-,14+,15+/m1/s1. The summed E-state index contributed by atoms with van der Waals surface area (Å²) in [7, 11) is 0. The van der Waals surface area contributed by atoms with Gasteiger partial charge in [-0.2, -0.15) is 11.3 Å². The summed E-state index contributed by atoms with van der Waals surface area (Å²) in [5.74, 6) is 0.690. The molecule has 1 aromatic heterocycles. The molecule has 2 saturated heterocycles. The molecule has 3 fully saturated rings. The maximum Gasteiger partial charge on any atom is 0.249 e. The maximum atomic E-state index is 12.1. The highest BCUT2D eigenvalue weighted by Crippen LogP contribution is 2.34. The van der Waals surface area contributed by atoms with Crippen LogP contribution in [0.25, 0.3) is 0 Å². The Labute approximate surface area is 129 Å². The molecular weight excluding hydrogens is 284 g/mol. The highest BCUT2D eigenvalue weighted by atomic mass is 32.1. The number of nitrogens with one attached hydrogen (secondary N) is 1. The first-order valence-electron chi connectivity index (χ1n) is 7.97. The average Bonchev–Trinajstić information content (AvgIpc) is 3.00. The van der Waals surface area contributed by atoms with Crippen molar-refractivity contribution in [2.24, 2.45) is 5.92 Å². The second-order valence-electron chi connectivity index (χ2n) is 6.60. The summed E-state index contributed by atoms with van der Waals surface area (Å²) in [5.41, 5.74) is 1.39. The molecule has 0 unspecified atom stereocenters. The van der Waals surface area contributed by atoms with E-state index in [9.17, 15) is 4.79 Å². The van der Waals surface area contributed by atoms with Crippen LogP contribution < -0.4 is 5.32 Å². The third-order valence-electron chi connectivity index (χ3n) is 4.84. The molecule has 1 saturated carbocycles. The molecule has 2 aliphatic heterocycles. The number of likely N-dealkylation sites (tertiary alicyclic amines) is 1. The Morgan fingerprint density at radius 2 is 2.33 bits per heavy atom. The van der Waals surface area contributed by atoms with E-state index < -0.39 is 0 Å². The summed E-state index contributed by atoms with van der Waals surface area (Å²) in [6, 6.07) is 2.62. The molecule has 3 atom stereocenters. The number of carbonyl (C=O) groups is 1. The summed E-state index contributed by atoms with van der Waals surface area (Å²) < 4.78 is 6.05. The van der Waals surface area contributed by atoms with Gasteiger partial charge < -0.3 is 10.1 Å². The lowest BCUT2D eigenvalue weighted by Gasteiger charge is -2.33. The monoisotopic (exact) mass is 306 g/mol. The molecule has 5 heteroatoms. The lowest BCUT2D eigenvalue weighted by Crippen LogP contribution is -2.42. The Morgan fingerprint density at radius 1 is 1.43 bits per heavy atom. The van der Waals surface area contributed by atoms with Crippen molar-refractivity contribution in [1.82, 2.24) is 10.2 Å². The average molecular weight is 306 g/mol. The van der Waals surface area contributed by atoms with Gasteiger partial charge in [-0.25, -0.2) is 0 Å². The quantitative estimate of drug-likeness (QED) is 0.925. The Bertz CT molecular complexity index is 500. The van der Waals surface area contributed by atoms with Crippen molar-refractivity contribution in [1.29, 1.82) is 0 Å². The van der Waals surface area contributed by atoms with Crippen molar-refractivity contribution in [3.05, 3.63) is 22.4 Å². The molecule has 0 aromatic carbocycles. The number of ether oxygens (including phenoxy) is 1. The molecule has 1 aliphatic carbocycles. The molecule has 1 aromatic rings. The van der Waals surface area contributed by atoms with Gasteiger partial charge in [-0.1, -0.05) is 0 Å². The van der Waals surface area contributed by atoms with Crippen molar-refractivity contribution in [2.45, 2.75) is 50.5 Å². The number of piperidine rings is 1. The predicted molar refractivity (Wildman–Crippen MR) is 82.1 cm³/mol. The number of amides is 1. The highest BCUT2D eigenvalue weighted by Gasteiger charge is 2.42. The number of nitrogens with zero attached hydrogens (tertiary/aromatic N) is 1. The van der Waals surface area contributed by atoms with Crippen LogP contribution in [0.5, 0.6) is 0 Å². The largest absolute Gasteiger partial charge is 0.364 e. The van der Waals surface area contributed by atoms with Gasteiger partial charge in [-0.15, -0.1) is 0 Å². The van der Waals surface area contributed by atoms with Crippen LogP contribution in [0.4, 0.5) is 0 Å². The van der Waals surface area contributed by atoms with E-state index in [4.69, 9.17) is 4.74 Å². The molecule has 4 rings (SSSR count). The fraction of sp³-hybridized carbons (Fsp3) is 0.688. The predicted octanol–water partition coefficient (Wildman–Crippen LogP) is 2.01. The smallest absolute Gasteiger partial charge is 0.249 e. The van der Waals surface area contributed by atoms with Crippen LogP contribution in [0.15, 0.2) is 16.8 Å². The van der Waals surface area contributed by atoms with Crippen LogP contribution in [0.1, 0.15) is 31.2 Å². The summed E-state index contributed by atoms with van der Waals surface area (Å²) >= 11 is 1.75. The second-order valence-corrected chi connectivity index (χ2v) is 7.38. The molecular formula is C16H22N2O2S. The van der Waals surface area contributed by atoms with Crippen molar-refractivity contribution < 1.29 is 9.53 Å². The topological polar surface area (TPSA) is 41.6 Å². The number of carbonyl (C=O) groups excluding carboxylic acids is 1. The zero-order chi connectivity index (χ0) is 14.2. The first kappa shape index (κ1) is 13.7. The number of rotatable bonds is 4. The van der Waals surface area contributed by atoms with Crippen LogP contribution >= 0.6 is 11.3 Å². The number of hydrogen-bond acceptors (Lipinski definition) is 4. The molecule has 1 N–H and O–H groups in total. The SMILES string of the molecule is O=C(NC1CC1)[C@@H]1C[C@H]2CCN(Cc3ccsc3)C[C@@H]2O1. The van der Waals surface area contributed by atoms with Crippen molar-refractivity contribution in [3.63, 3.8) is 0 Å². The van der Waals surface area contributed by atoms with Crippen LogP contribution in [0.2, 0.25) is 0 Å². The minimum atomic E-state index is -0.207. The van der Waals surface area contributed by atoms with Gasteiger partial charge in [0, 0.05) is 19.1 Å². The third-order valence-corrected chi connectivity index (χ3v) is 5.57. The molecule has 4 nitrogen and oxygen atoms in total. The highest BCUT2D eigenvalue weighted by molar-refractivity contribution is 7.07. The van der Waals surface area contributed by atoms with Gasteiger partial charge in [-0.3, -0.25) is 9.69 Å². The van der Waals surface area contributed by atoms with Crippen LogP contribution in [0.3, 0.4) is 0 Å². The zero-order valence-electron chi connectivity index (χ0n) is 12.2. The van der Waals surface area contributed by atoms with E-state index in [1.54, 1.807) is 11.3 Å². The molecule has 0 bridgehead atoms. The van der Waals surface area contributed by atoms with Crippen LogP contribution in [-0.2, 0) is 16.1 Å². The molecule has 21 heavy (non-hydrogen) atoms. The summed E-state index contributed by atoms with van der Waals surface area (Å²) in [6.45, 7) is 3.10. The lowest BCUT2D eigenvalue weighted by atomic mass is 9.91. The normalized spacial score (nSPS) is 32.9. The molecule has 0 radical (unpaired) electrons. The number of thiophene rings is 1. The lowest BCUT2D eigenvalue weighted by molar-refractivity contribution is -0.133. The van der Waals surface area contributed by atoms with Gasteiger partial charge in [0.2, 0.25) is 5.91 Å². The fourth-order valence-corrected chi connectivity index (χ4v) is 4.13. The fourth-order valence-electron chi connectivity index (χ4n) is 3.47. The van der Waals surface area contributed by atoms with Gasteiger partial charge >= 0.3 is 0 Å². The van der Waals surface area contributed by atoms with Crippen LogP contribution in [0, 0.1) is 5.92 Å². The maximum absolute atomic E-state index is 12.1. The molecule has 1 amide bonds. The third kappa shape index (κ3) is 3.15. The number of fused-ring (bicyclic) bond motifs is 1. The Hall–Kier alpha value is -0.910. The van der Waals surface area contributed by atoms with Gasteiger partial charge in [0.05, 0.1) is 6.10 Å². The van der Waals surface area contributed by atoms with Gasteiger partial charge in [0.25, 0.3) is 0 Å². The van der Waals surface area contributed by atoms with E-state index >= 15 is 0 Å². The van der Waals surface area contributed by atoms with Gasteiger partial charge in [0.15, 0.2) is 0 Å². The van der Waals surface area contributed by atoms with E-state index in [0.29, 0.717) is 12.0 Å². The molecule has 3 heterocycles. The Morgan fingerprint density at radius 3 is 3.10 bits per heavy atom.